The number of benzene rings is 2. The van der Waals surface area contributed by atoms with Crippen LogP contribution in [0.15, 0.2) is 60.7 Å². The maximum Gasteiger partial charge on any atom is 0.435 e. The van der Waals surface area contributed by atoms with Crippen LogP contribution in [0, 0.1) is 23.2 Å². The molecule has 0 saturated heterocycles. The molecule has 4 bridgehead atoms. The van der Waals surface area contributed by atoms with Crippen LogP contribution >= 0.6 is 7.60 Å². The van der Waals surface area contributed by atoms with E-state index in [1.165, 1.54) is 19.3 Å². The summed E-state index contributed by atoms with van der Waals surface area (Å²) >= 11 is 0. The standard InChI is InChI=1S/C26H29O5P/c27-24(22-7-3-1-4-8-22)30-32(29,31-25(28)23-9-5-2-6-10-23)12-11-26-16-19-13-20(17-26)15-21(14-19)18-26/h1-10,19-21H,11-18H2. The van der Waals surface area contributed by atoms with E-state index < -0.39 is 19.5 Å². The summed E-state index contributed by atoms with van der Waals surface area (Å²) in [5, 5.41) is 0. The van der Waals surface area contributed by atoms with Gasteiger partial charge in [0.2, 0.25) is 0 Å². The van der Waals surface area contributed by atoms with Crippen molar-refractivity contribution in [1.29, 1.82) is 0 Å². The van der Waals surface area contributed by atoms with E-state index in [4.69, 9.17) is 9.05 Å². The first-order valence-corrected chi connectivity index (χ1v) is 13.3. The molecule has 2 aromatic carbocycles. The van der Waals surface area contributed by atoms with Crippen molar-refractivity contribution in [1.82, 2.24) is 0 Å². The molecule has 4 aliphatic carbocycles. The van der Waals surface area contributed by atoms with E-state index in [1.54, 1.807) is 60.7 Å². The maximum atomic E-state index is 13.8. The van der Waals surface area contributed by atoms with Crippen molar-refractivity contribution in [3.05, 3.63) is 71.8 Å². The van der Waals surface area contributed by atoms with E-state index in [0.29, 0.717) is 17.5 Å². The summed E-state index contributed by atoms with van der Waals surface area (Å²) in [5.41, 5.74) is 0.722. The lowest BCUT2D eigenvalue weighted by Crippen LogP contribution is -2.46. The molecule has 0 N–H and O–H groups in total. The molecular weight excluding hydrogens is 423 g/mol. The molecule has 4 fully saturated rings. The highest BCUT2D eigenvalue weighted by molar-refractivity contribution is 7.55. The minimum atomic E-state index is -3.98. The predicted molar refractivity (Wildman–Crippen MR) is 121 cm³/mol. The van der Waals surface area contributed by atoms with Gasteiger partial charge in [-0.15, -0.1) is 0 Å². The van der Waals surface area contributed by atoms with Gasteiger partial charge in [0, 0.05) is 0 Å². The zero-order chi connectivity index (χ0) is 22.2. The van der Waals surface area contributed by atoms with E-state index in [2.05, 4.69) is 0 Å². The van der Waals surface area contributed by atoms with Crippen molar-refractivity contribution >= 4 is 19.5 Å². The van der Waals surface area contributed by atoms with Gasteiger partial charge in [-0.2, -0.15) is 0 Å². The van der Waals surface area contributed by atoms with Gasteiger partial charge in [0.15, 0.2) is 0 Å². The topological polar surface area (TPSA) is 69.7 Å². The second kappa shape index (κ2) is 8.51. The Morgan fingerprint density at radius 3 is 1.56 bits per heavy atom. The Morgan fingerprint density at radius 2 is 1.16 bits per heavy atom. The Kier molecular flexibility index (Phi) is 5.71. The summed E-state index contributed by atoms with van der Waals surface area (Å²) in [5.74, 6) is 0.846. The SMILES string of the molecule is O=C(OP(=O)(CCC12CC3CC(CC(C3)C1)C2)OC(=O)c1ccccc1)c1ccccc1. The van der Waals surface area contributed by atoms with Crippen molar-refractivity contribution in [3.63, 3.8) is 0 Å². The van der Waals surface area contributed by atoms with Gasteiger partial charge >= 0.3 is 19.5 Å². The Balaban J connectivity index is 1.34. The number of hydrogen-bond acceptors (Lipinski definition) is 5. The van der Waals surface area contributed by atoms with Crippen molar-refractivity contribution in [2.45, 2.75) is 44.9 Å². The van der Waals surface area contributed by atoms with Gasteiger partial charge < -0.3 is 9.05 Å². The largest absolute Gasteiger partial charge is 0.435 e. The fourth-order valence-electron chi connectivity index (χ4n) is 6.59. The van der Waals surface area contributed by atoms with Gasteiger partial charge in [-0.1, -0.05) is 36.4 Å². The van der Waals surface area contributed by atoms with Gasteiger partial charge in [-0.05, 0) is 92.4 Å². The normalized spacial score (nSPS) is 28.3. The molecule has 4 aliphatic rings. The quantitative estimate of drug-likeness (QED) is 0.449. The van der Waals surface area contributed by atoms with Crippen LogP contribution in [0.1, 0.15) is 65.7 Å². The van der Waals surface area contributed by atoms with Crippen LogP contribution in [0.4, 0.5) is 0 Å². The third kappa shape index (κ3) is 4.54. The summed E-state index contributed by atoms with van der Waals surface area (Å²) in [6.45, 7) is 0. The van der Waals surface area contributed by atoms with Crippen LogP contribution in [0.2, 0.25) is 0 Å². The predicted octanol–water partition coefficient (Wildman–Crippen LogP) is 6.50. The summed E-state index contributed by atoms with van der Waals surface area (Å²) < 4.78 is 24.7. The average Bonchev–Trinajstić information content (AvgIpc) is 2.78. The molecule has 0 unspecified atom stereocenters. The molecule has 0 aliphatic heterocycles. The second-order valence-corrected chi connectivity index (χ2v) is 12.0. The lowest BCUT2D eigenvalue weighted by Gasteiger charge is -2.57. The van der Waals surface area contributed by atoms with E-state index in [-0.39, 0.29) is 11.6 Å². The molecule has 0 aromatic heterocycles. The molecule has 0 amide bonds. The first-order chi connectivity index (χ1) is 15.4. The molecule has 4 saturated carbocycles. The smallest absolute Gasteiger partial charge is 0.379 e. The van der Waals surface area contributed by atoms with Crippen LogP contribution in [0.3, 0.4) is 0 Å². The van der Waals surface area contributed by atoms with Crippen molar-refractivity contribution in [2.75, 3.05) is 6.16 Å². The summed E-state index contributed by atoms with van der Waals surface area (Å²) in [6, 6.07) is 16.8. The molecule has 0 spiro atoms. The molecular formula is C26H29O5P. The lowest BCUT2D eigenvalue weighted by atomic mass is 9.49. The van der Waals surface area contributed by atoms with E-state index in [9.17, 15) is 14.2 Å². The molecule has 0 heterocycles. The van der Waals surface area contributed by atoms with Crippen LogP contribution in [0.5, 0.6) is 0 Å². The van der Waals surface area contributed by atoms with Gasteiger partial charge in [0.05, 0.1) is 17.3 Å². The molecule has 0 atom stereocenters. The number of hydrogen-bond donors (Lipinski definition) is 0. The third-order valence-electron chi connectivity index (χ3n) is 7.54. The third-order valence-corrected chi connectivity index (χ3v) is 9.20. The lowest BCUT2D eigenvalue weighted by molar-refractivity contribution is -0.0546. The molecule has 6 rings (SSSR count). The maximum absolute atomic E-state index is 13.8. The molecule has 32 heavy (non-hydrogen) atoms. The van der Waals surface area contributed by atoms with Gasteiger partial charge in [0.25, 0.3) is 0 Å². The highest BCUT2D eigenvalue weighted by Gasteiger charge is 2.51. The molecule has 168 valence electrons. The minimum absolute atomic E-state index is 0.0797. The fourth-order valence-corrected chi connectivity index (χ4v) is 8.27. The number of carbonyl (C=O) groups is 2. The van der Waals surface area contributed by atoms with E-state index in [1.807, 2.05) is 0 Å². The minimum Gasteiger partial charge on any atom is -0.379 e. The van der Waals surface area contributed by atoms with Crippen molar-refractivity contribution in [2.24, 2.45) is 23.2 Å². The van der Waals surface area contributed by atoms with Gasteiger partial charge in [0.1, 0.15) is 0 Å². The van der Waals surface area contributed by atoms with Crippen LogP contribution in [0.25, 0.3) is 0 Å². The van der Waals surface area contributed by atoms with Crippen molar-refractivity contribution in [3.8, 4) is 0 Å². The highest BCUT2D eigenvalue weighted by Crippen LogP contribution is 2.63. The highest BCUT2D eigenvalue weighted by atomic mass is 31.2. The Bertz CT molecular complexity index is 940. The fraction of sp³-hybridized carbons (Fsp3) is 0.462. The van der Waals surface area contributed by atoms with E-state index in [0.717, 1.165) is 37.0 Å². The van der Waals surface area contributed by atoms with Gasteiger partial charge in [-0.25, -0.2) is 14.2 Å². The summed E-state index contributed by atoms with van der Waals surface area (Å²) in [6.07, 6.45) is 8.16. The van der Waals surface area contributed by atoms with E-state index >= 15 is 0 Å². The van der Waals surface area contributed by atoms with Crippen LogP contribution < -0.4 is 0 Å². The zero-order valence-corrected chi connectivity index (χ0v) is 19.0. The molecule has 0 radical (unpaired) electrons. The van der Waals surface area contributed by atoms with Crippen LogP contribution in [-0.4, -0.2) is 18.1 Å². The molecule has 5 nitrogen and oxygen atoms in total. The average molecular weight is 452 g/mol. The Hall–Kier alpha value is -2.39. The summed E-state index contributed by atoms with van der Waals surface area (Å²) in [7, 11) is -3.98. The molecule has 6 heteroatoms. The first kappa shape index (κ1) is 21.5. The molecule has 2 aromatic rings. The monoisotopic (exact) mass is 452 g/mol. The number of carbonyl (C=O) groups excluding carboxylic acids is 2. The Labute approximate surface area is 189 Å². The van der Waals surface area contributed by atoms with Crippen LogP contribution in [-0.2, 0) is 13.6 Å². The summed E-state index contributed by atoms with van der Waals surface area (Å²) in [4.78, 5) is 25.4. The Morgan fingerprint density at radius 1 is 0.750 bits per heavy atom. The van der Waals surface area contributed by atoms with Crippen molar-refractivity contribution < 1.29 is 23.2 Å². The second-order valence-electron chi connectivity index (χ2n) is 9.99. The van der Waals surface area contributed by atoms with Gasteiger partial charge in [-0.3, -0.25) is 0 Å². The zero-order valence-electron chi connectivity index (χ0n) is 18.2. The number of rotatable bonds is 7. The first-order valence-electron chi connectivity index (χ1n) is 11.6.